The first-order valence-corrected chi connectivity index (χ1v) is 14.9. The van der Waals surface area contributed by atoms with Crippen LogP contribution in [0.25, 0.3) is 10.6 Å². The van der Waals surface area contributed by atoms with Crippen LogP contribution in [0.3, 0.4) is 0 Å². The first kappa shape index (κ1) is 28.4. The van der Waals surface area contributed by atoms with E-state index in [9.17, 15) is 14.0 Å². The average Bonchev–Trinajstić information content (AvgIpc) is 3.33. The molecule has 0 saturated carbocycles. The molecule has 3 atom stereocenters. The number of rotatable bonds is 8. The van der Waals surface area contributed by atoms with Gasteiger partial charge in [0.1, 0.15) is 10.8 Å². The molecule has 0 bridgehead atoms. The number of ether oxygens (including phenoxy) is 1. The van der Waals surface area contributed by atoms with Crippen LogP contribution in [0.2, 0.25) is 0 Å². The number of aryl methyl sites for hydroxylation is 1. The topological polar surface area (TPSA) is 83.6 Å². The van der Waals surface area contributed by atoms with Crippen LogP contribution in [0.5, 0.6) is 0 Å². The molecule has 3 heterocycles. The average molecular weight is 565 g/mol. The van der Waals surface area contributed by atoms with Gasteiger partial charge in [-0.2, -0.15) is 0 Å². The lowest BCUT2D eigenvalue weighted by Gasteiger charge is -2.39. The maximum absolute atomic E-state index is 13.3. The second kappa shape index (κ2) is 13.0. The van der Waals surface area contributed by atoms with Crippen molar-refractivity contribution in [2.24, 2.45) is 5.92 Å². The predicted octanol–water partition coefficient (Wildman–Crippen LogP) is 6.08. The van der Waals surface area contributed by atoms with Crippen molar-refractivity contribution in [3.05, 3.63) is 70.5 Å². The maximum atomic E-state index is 13.3. The highest BCUT2D eigenvalue weighted by atomic mass is 32.1. The number of nitrogens with one attached hydrogen (secondary N) is 2. The molecule has 212 valence electrons. The zero-order chi connectivity index (χ0) is 28.1. The van der Waals surface area contributed by atoms with Crippen molar-refractivity contribution in [3.63, 3.8) is 0 Å². The number of piperidine rings is 1. The molecular formula is C31H37FN4O3S. The zero-order valence-electron chi connectivity index (χ0n) is 23.1. The summed E-state index contributed by atoms with van der Waals surface area (Å²) >= 11 is 1.37. The Hall–Kier alpha value is -3.14. The number of anilines is 1. The molecule has 7 nitrogen and oxygen atoms in total. The Bertz CT molecular complexity index is 1330. The van der Waals surface area contributed by atoms with E-state index in [0.29, 0.717) is 23.1 Å². The van der Waals surface area contributed by atoms with Gasteiger partial charge in [-0.1, -0.05) is 24.3 Å². The number of halogens is 1. The lowest BCUT2D eigenvalue weighted by atomic mass is 9.90. The minimum absolute atomic E-state index is 0.00659. The number of urea groups is 1. The van der Waals surface area contributed by atoms with Crippen LogP contribution in [0.15, 0.2) is 48.5 Å². The number of carbonyl (C=O) groups excluding carboxylic acids is 2. The highest BCUT2D eigenvalue weighted by Gasteiger charge is 2.31. The Balaban J connectivity index is 1.17. The van der Waals surface area contributed by atoms with E-state index in [4.69, 9.17) is 4.74 Å². The van der Waals surface area contributed by atoms with E-state index in [1.165, 1.54) is 35.5 Å². The Morgan fingerprint density at radius 3 is 2.75 bits per heavy atom. The van der Waals surface area contributed by atoms with E-state index in [2.05, 4.69) is 20.5 Å². The van der Waals surface area contributed by atoms with Gasteiger partial charge in [0.05, 0.1) is 22.7 Å². The molecule has 9 heteroatoms. The molecule has 2 aliphatic heterocycles. The lowest BCUT2D eigenvalue weighted by Crippen LogP contribution is -2.53. The van der Waals surface area contributed by atoms with Gasteiger partial charge in [0.25, 0.3) is 0 Å². The summed E-state index contributed by atoms with van der Waals surface area (Å²) in [4.78, 5) is 32.5. The molecule has 2 fully saturated rings. The van der Waals surface area contributed by atoms with E-state index in [0.717, 1.165) is 61.6 Å². The first-order chi connectivity index (χ1) is 19.3. The van der Waals surface area contributed by atoms with Gasteiger partial charge in [0.15, 0.2) is 5.78 Å². The number of hydrogen-bond donors (Lipinski definition) is 2. The molecule has 2 aromatic carbocycles. The Morgan fingerprint density at radius 1 is 1.15 bits per heavy atom. The van der Waals surface area contributed by atoms with E-state index >= 15 is 0 Å². The Labute approximate surface area is 239 Å². The lowest BCUT2D eigenvalue weighted by molar-refractivity contribution is -0.0306. The van der Waals surface area contributed by atoms with Crippen LogP contribution >= 0.6 is 11.3 Å². The van der Waals surface area contributed by atoms with Gasteiger partial charge in [-0.3, -0.25) is 4.79 Å². The largest absolute Gasteiger partial charge is 0.375 e. The molecule has 0 spiro atoms. The summed E-state index contributed by atoms with van der Waals surface area (Å²) < 4.78 is 19.5. The summed E-state index contributed by atoms with van der Waals surface area (Å²) in [7, 11) is 0. The standard InChI is InChI=1S/C31H37FN4O3S/c1-20-29(21(2)37)40-30(33-20)24-7-3-8-26(17-24)34-31(38)35-27-9-5-15-39-28(27)19-36-14-4-6-23(18-36)16-22-10-12-25(32)13-11-22/h3,7-8,10-13,17,23,27-28H,4-6,9,14-16,18-19H2,1-2H3,(H2,34,35,38)/t23?,27-,28+/m1/s1. The fourth-order valence-electron chi connectivity index (χ4n) is 5.79. The van der Waals surface area contributed by atoms with E-state index in [1.54, 1.807) is 6.92 Å². The predicted molar refractivity (Wildman–Crippen MR) is 156 cm³/mol. The molecule has 1 unspecified atom stereocenters. The van der Waals surface area contributed by atoms with Crippen LogP contribution < -0.4 is 10.6 Å². The fourth-order valence-corrected chi connectivity index (χ4v) is 6.75. The molecule has 5 rings (SSSR count). The van der Waals surface area contributed by atoms with E-state index < -0.39 is 0 Å². The van der Waals surface area contributed by atoms with Gasteiger partial charge in [0, 0.05) is 37.9 Å². The molecule has 40 heavy (non-hydrogen) atoms. The summed E-state index contributed by atoms with van der Waals surface area (Å²) in [5.41, 5.74) is 3.42. The molecule has 2 N–H and O–H groups in total. The SMILES string of the molecule is CC(=O)c1sc(-c2cccc(NC(=O)N[C@@H]3CCCO[C@H]3CN3CCCC(Cc4ccc(F)cc4)C3)c2)nc1C. The van der Waals surface area contributed by atoms with Crippen molar-refractivity contribution in [2.75, 3.05) is 31.6 Å². The second-order valence-corrected chi connectivity index (χ2v) is 11.9. The smallest absolute Gasteiger partial charge is 0.319 e. The van der Waals surface area contributed by atoms with Crippen LogP contribution in [0.1, 0.15) is 53.5 Å². The van der Waals surface area contributed by atoms with Gasteiger partial charge in [-0.05, 0) is 81.3 Å². The number of benzene rings is 2. The van der Waals surface area contributed by atoms with Gasteiger partial charge < -0.3 is 20.3 Å². The number of likely N-dealkylation sites (tertiary alicyclic amines) is 1. The van der Waals surface area contributed by atoms with Crippen LogP contribution in [0, 0.1) is 18.7 Å². The van der Waals surface area contributed by atoms with Gasteiger partial charge in [0.2, 0.25) is 0 Å². The summed E-state index contributed by atoms with van der Waals surface area (Å²) in [6.45, 7) is 6.87. The number of ketones is 1. The summed E-state index contributed by atoms with van der Waals surface area (Å²) in [6.07, 6.45) is 4.95. The van der Waals surface area contributed by atoms with E-state index in [1.807, 2.05) is 43.3 Å². The quantitative estimate of drug-likeness (QED) is 0.324. The monoisotopic (exact) mass is 564 g/mol. The van der Waals surface area contributed by atoms with Crippen LogP contribution in [0.4, 0.5) is 14.9 Å². The second-order valence-electron chi connectivity index (χ2n) is 10.9. The number of nitrogens with zero attached hydrogens (tertiary/aromatic N) is 2. The first-order valence-electron chi connectivity index (χ1n) is 14.1. The van der Waals surface area contributed by atoms with Crippen molar-refractivity contribution >= 4 is 28.8 Å². The van der Waals surface area contributed by atoms with Crippen molar-refractivity contribution in [2.45, 2.75) is 58.1 Å². The van der Waals surface area contributed by atoms with Gasteiger partial charge in [-0.15, -0.1) is 11.3 Å². The van der Waals surface area contributed by atoms with Crippen LogP contribution in [-0.2, 0) is 11.2 Å². The molecule has 0 aliphatic carbocycles. The molecule has 2 amide bonds. The third-order valence-corrected chi connectivity index (χ3v) is 9.03. The minimum atomic E-state index is -0.259. The summed E-state index contributed by atoms with van der Waals surface area (Å²) in [5.74, 6) is 0.335. The highest BCUT2D eigenvalue weighted by Crippen LogP contribution is 2.30. The van der Waals surface area contributed by atoms with Crippen molar-refractivity contribution in [1.82, 2.24) is 15.2 Å². The summed E-state index contributed by atoms with van der Waals surface area (Å²) in [6, 6.07) is 14.0. The van der Waals surface area contributed by atoms with Crippen LogP contribution in [-0.4, -0.2) is 60.1 Å². The molecule has 2 saturated heterocycles. The molecule has 3 aromatic rings. The van der Waals surface area contributed by atoms with Gasteiger partial charge in [-0.25, -0.2) is 14.2 Å². The van der Waals surface area contributed by atoms with Crippen molar-refractivity contribution in [1.29, 1.82) is 0 Å². The maximum Gasteiger partial charge on any atom is 0.319 e. The number of Topliss-reactive ketones (excluding diaryl/α,β-unsaturated/α-hetero) is 1. The minimum Gasteiger partial charge on any atom is -0.375 e. The molecule has 2 aliphatic rings. The molecular weight excluding hydrogens is 527 g/mol. The number of aromatic nitrogens is 1. The number of thiazole rings is 1. The highest BCUT2D eigenvalue weighted by molar-refractivity contribution is 7.17. The third kappa shape index (κ3) is 7.33. The Kier molecular flexibility index (Phi) is 9.24. The number of carbonyl (C=O) groups is 2. The molecule has 1 aromatic heterocycles. The van der Waals surface area contributed by atoms with Gasteiger partial charge >= 0.3 is 6.03 Å². The number of hydrogen-bond acceptors (Lipinski definition) is 6. The zero-order valence-corrected chi connectivity index (χ0v) is 23.9. The fraction of sp³-hybridized carbons (Fsp3) is 0.452. The summed E-state index contributed by atoms with van der Waals surface area (Å²) in [5, 5.41) is 6.88. The van der Waals surface area contributed by atoms with E-state index in [-0.39, 0.29) is 29.8 Å². The normalized spacial score (nSPS) is 21.6. The van der Waals surface area contributed by atoms with Crippen molar-refractivity contribution in [3.8, 4) is 10.6 Å². The number of amides is 2. The third-order valence-electron chi connectivity index (χ3n) is 7.72. The Morgan fingerprint density at radius 2 is 1.98 bits per heavy atom. The molecule has 0 radical (unpaired) electrons. The van der Waals surface area contributed by atoms with Crippen molar-refractivity contribution < 1.29 is 18.7 Å².